The summed E-state index contributed by atoms with van der Waals surface area (Å²) in [5.74, 6) is 0.468. The van der Waals surface area contributed by atoms with Gasteiger partial charge >= 0.3 is 11.9 Å². The van der Waals surface area contributed by atoms with Crippen molar-refractivity contribution < 1.29 is 19.1 Å². The van der Waals surface area contributed by atoms with Crippen LogP contribution in [0.25, 0.3) is 0 Å². The first-order chi connectivity index (χ1) is 17.0. The lowest BCUT2D eigenvalue weighted by Gasteiger charge is -2.09. The fraction of sp³-hybridized carbons (Fsp3) is 0.742. The number of hydrogen-bond acceptors (Lipinski definition) is 4. The van der Waals surface area contributed by atoms with Crippen molar-refractivity contribution in [1.82, 2.24) is 0 Å². The lowest BCUT2D eigenvalue weighted by atomic mass is 10.1. The lowest BCUT2D eigenvalue weighted by molar-refractivity contribution is -0.144. The highest BCUT2D eigenvalue weighted by Crippen LogP contribution is 2.21. The van der Waals surface area contributed by atoms with Crippen molar-refractivity contribution in [3.05, 3.63) is 29.3 Å². The summed E-state index contributed by atoms with van der Waals surface area (Å²) < 4.78 is 10.9. The van der Waals surface area contributed by atoms with Gasteiger partial charge in [-0.15, -0.1) is 0 Å². The monoisotopic (exact) mass is 488 g/mol. The number of aryl methyl sites for hydroxylation is 1. The van der Waals surface area contributed by atoms with Crippen LogP contribution in [0, 0.1) is 13.8 Å². The number of carbonyl (C=O) groups excluding carboxylic acids is 2. The fourth-order valence-electron chi connectivity index (χ4n) is 4.28. The van der Waals surface area contributed by atoms with Crippen molar-refractivity contribution in [1.29, 1.82) is 0 Å². The highest BCUT2D eigenvalue weighted by atomic mass is 16.5. The minimum Gasteiger partial charge on any atom is -0.466 e. The van der Waals surface area contributed by atoms with Gasteiger partial charge in [-0.3, -0.25) is 9.59 Å². The second-order valence-corrected chi connectivity index (χ2v) is 10.0. The molecular weight excluding hydrogens is 436 g/mol. The van der Waals surface area contributed by atoms with Gasteiger partial charge in [0.2, 0.25) is 0 Å². The third kappa shape index (κ3) is 17.3. The Balaban J connectivity index is 1.85. The molecule has 35 heavy (non-hydrogen) atoms. The summed E-state index contributed by atoms with van der Waals surface area (Å²) in [7, 11) is 0. The highest BCUT2D eigenvalue weighted by Gasteiger charge is 2.08. The smallest absolute Gasteiger partial charge is 0.311 e. The van der Waals surface area contributed by atoms with E-state index in [2.05, 4.69) is 6.92 Å². The lowest BCUT2D eigenvalue weighted by Crippen LogP contribution is -2.08. The van der Waals surface area contributed by atoms with E-state index in [1.807, 2.05) is 32.0 Å². The molecule has 200 valence electrons. The topological polar surface area (TPSA) is 52.6 Å². The Morgan fingerprint density at radius 3 is 1.69 bits per heavy atom. The van der Waals surface area contributed by atoms with Crippen LogP contribution >= 0.6 is 0 Å². The molecule has 4 nitrogen and oxygen atoms in total. The Morgan fingerprint density at radius 1 is 0.629 bits per heavy atom. The van der Waals surface area contributed by atoms with E-state index in [9.17, 15) is 9.59 Å². The van der Waals surface area contributed by atoms with Crippen molar-refractivity contribution in [3.8, 4) is 5.75 Å². The molecule has 0 atom stereocenters. The van der Waals surface area contributed by atoms with Crippen molar-refractivity contribution in [2.45, 2.75) is 143 Å². The Hall–Kier alpha value is -1.84. The van der Waals surface area contributed by atoms with E-state index >= 15 is 0 Å². The number of unbranched alkanes of at least 4 members (excludes halogenated alkanes) is 15. The fourth-order valence-corrected chi connectivity index (χ4v) is 4.28. The second kappa shape index (κ2) is 21.4. The van der Waals surface area contributed by atoms with E-state index in [1.165, 1.54) is 64.2 Å². The predicted molar refractivity (Wildman–Crippen MR) is 146 cm³/mol. The molecule has 0 N–H and O–H groups in total. The molecule has 0 heterocycles. The molecule has 0 aliphatic heterocycles. The molecule has 1 aromatic carbocycles. The van der Waals surface area contributed by atoms with Crippen molar-refractivity contribution in [3.63, 3.8) is 0 Å². The molecule has 1 rings (SSSR count). The van der Waals surface area contributed by atoms with Gasteiger partial charge in [-0.05, 0) is 50.3 Å². The predicted octanol–water partition coefficient (Wildman–Crippen LogP) is 9.18. The molecular formula is C31H52O4. The molecule has 0 aromatic heterocycles. The Labute approximate surface area is 215 Å². The molecule has 1 aromatic rings. The van der Waals surface area contributed by atoms with Gasteiger partial charge in [0.1, 0.15) is 5.75 Å². The number of esters is 2. The van der Waals surface area contributed by atoms with Gasteiger partial charge < -0.3 is 9.47 Å². The number of rotatable bonds is 22. The molecule has 0 spiro atoms. The SMILES string of the molecule is CCCCCCCCCCCCCOC(=O)CCCCCCCCC(=O)Oc1cccc(C)c1C. The largest absolute Gasteiger partial charge is 0.466 e. The molecule has 0 amide bonds. The summed E-state index contributed by atoms with van der Waals surface area (Å²) in [6.07, 6.45) is 21.3. The number of hydrogen-bond donors (Lipinski definition) is 0. The molecule has 0 saturated carbocycles. The third-order valence-corrected chi connectivity index (χ3v) is 6.80. The molecule has 0 saturated heterocycles. The average Bonchev–Trinajstić information content (AvgIpc) is 2.84. The molecule has 0 aliphatic rings. The zero-order valence-electron chi connectivity index (χ0n) is 23.0. The third-order valence-electron chi connectivity index (χ3n) is 6.80. The molecule has 0 aliphatic carbocycles. The minimum absolute atomic E-state index is 0.0498. The first-order valence-electron chi connectivity index (χ1n) is 14.5. The first-order valence-corrected chi connectivity index (χ1v) is 14.5. The summed E-state index contributed by atoms with van der Waals surface area (Å²) in [5.41, 5.74) is 2.16. The number of benzene rings is 1. The quantitative estimate of drug-likeness (QED) is 0.0927. The van der Waals surface area contributed by atoms with Crippen LogP contribution in [0.15, 0.2) is 18.2 Å². The Kier molecular flexibility index (Phi) is 19.1. The van der Waals surface area contributed by atoms with Crippen molar-refractivity contribution >= 4 is 11.9 Å². The van der Waals surface area contributed by atoms with Crippen LogP contribution < -0.4 is 4.74 Å². The molecule has 0 bridgehead atoms. The zero-order chi connectivity index (χ0) is 25.6. The summed E-state index contributed by atoms with van der Waals surface area (Å²) in [6, 6.07) is 5.79. The van der Waals surface area contributed by atoms with Crippen LogP contribution in [-0.2, 0) is 14.3 Å². The first kappa shape index (κ1) is 31.2. The molecule has 0 fully saturated rings. The molecule has 0 radical (unpaired) electrons. The summed E-state index contributed by atoms with van der Waals surface area (Å²) in [6.45, 7) is 6.84. The molecule has 4 heteroatoms. The van der Waals surface area contributed by atoms with Gasteiger partial charge in [-0.1, -0.05) is 109 Å². The van der Waals surface area contributed by atoms with E-state index in [4.69, 9.17) is 9.47 Å². The van der Waals surface area contributed by atoms with Gasteiger partial charge in [-0.25, -0.2) is 0 Å². The average molecular weight is 489 g/mol. The number of ether oxygens (including phenoxy) is 2. The van der Waals surface area contributed by atoms with Crippen LogP contribution in [0.4, 0.5) is 0 Å². The van der Waals surface area contributed by atoms with Crippen LogP contribution in [0.1, 0.15) is 140 Å². The summed E-state index contributed by atoms with van der Waals surface area (Å²) in [4.78, 5) is 23.9. The molecule has 0 unspecified atom stereocenters. The minimum atomic E-state index is -0.153. The van der Waals surface area contributed by atoms with Gasteiger partial charge in [-0.2, -0.15) is 0 Å². The van der Waals surface area contributed by atoms with E-state index in [0.717, 1.165) is 56.1 Å². The highest BCUT2D eigenvalue weighted by molar-refractivity contribution is 5.72. The van der Waals surface area contributed by atoms with Crippen LogP contribution in [0.5, 0.6) is 5.75 Å². The maximum atomic E-state index is 12.0. The van der Waals surface area contributed by atoms with Gasteiger partial charge in [0.05, 0.1) is 6.61 Å². The second-order valence-electron chi connectivity index (χ2n) is 10.0. The maximum absolute atomic E-state index is 12.0. The zero-order valence-corrected chi connectivity index (χ0v) is 23.0. The Morgan fingerprint density at radius 2 is 1.11 bits per heavy atom. The van der Waals surface area contributed by atoms with Crippen LogP contribution in [0.3, 0.4) is 0 Å². The van der Waals surface area contributed by atoms with Gasteiger partial charge in [0.25, 0.3) is 0 Å². The summed E-state index contributed by atoms with van der Waals surface area (Å²) >= 11 is 0. The normalized spacial score (nSPS) is 10.9. The Bertz CT molecular complexity index is 683. The van der Waals surface area contributed by atoms with E-state index in [0.29, 0.717) is 25.2 Å². The van der Waals surface area contributed by atoms with E-state index in [1.54, 1.807) is 0 Å². The summed E-state index contributed by atoms with van der Waals surface area (Å²) in [5, 5.41) is 0. The van der Waals surface area contributed by atoms with Crippen LogP contribution in [0.2, 0.25) is 0 Å². The van der Waals surface area contributed by atoms with Crippen LogP contribution in [-0.4, -0.2) is 18.5 Å². The van der Waals surface area contributed by atoms with Gasteiger partial charge in [0.15, 0.2) is 0 Å². The standard InChI is InChI=1S/C31H52O4/c1-4-5-6-7-8-9-10-11-14-17-20-26-34-30(32)24-18-15-12-13-16-19-25-31(33)35-29-23-21-22-27(2)28(29)3/h21-23H,4-20,24-26H2,1-3H3. The van der Waals surface area contributed by atoms with Crippen molar-refractivity contribution in [2.24, 2.45) is 0 Å². The maximum Gasteiger partial charge on any atom is 0.311 e. The van der Waals surface area contributed by atoms with E-state index in [-0.39, 0.29) is 11.9 Å². The van der Waals surface area contributed by atoms with Gasteiger partial charge in [0, 0.05) is 12.8 Å². The van der Waals surface area contributed by atoms with E-state index < -0.39 is 0 Å². The number of carbonyl (C=O) groups is 2. The van der Waals surface area contributed by atoms with Crippen molar-refractivity contribution in [2.75, 3.05) is 6.61 Å².